The Morgan fingerprint density at radius 2 is 2.36 bits per heavy atom. The number of thiophene rings is 1. The van der Waals surface area contributed by atoms with Gasteiger partial charge >= 0.3 is 0 Å². The van der Waals surface area contributed by atoms with Crippen molar-refractivity contribution in [2.75, 3.05) is 20.6 Å². The fourth-order valence-corrected chi connectivity index (χ4v) is 2.18. The molecule has 0 saturated heterocycles. The molecular weight excluding hydrogens is 196 g/mol. The molecule has 1 amide bonds. The van der Waals surface area contributed by atoms with Gasteiger partial charge in [0.25, 0.3) is 0 Å². The number of carbonyl (C=O) groups is 1. The molecule has 0 spiro atoms. The van der Waals surface area contributed by atoms with E-state index in [1.165, 1.54) is 4.88 Å². The number of carbonyl (C=O) groups excluding carboxylic acids is 1. The van der Waals surface area contributed by atoms with Gasteiger partial charge in [-0.2, -0.15) is 0 Å². The first-order valence-corrected chi connectivity index (χ1v) is 5.43. The number of hydrogen-bond donors (Lipinski definition) is 1. The summed E-state index contributed by atoms with van der Waals surface area (Å²) in [7, 11) is 4.04. The van der Waals surface area contributed by atoms with Crippen LogP contribution in [0.2, 0.25) is 0 Å². The zero-order valence-corrected chi connectivity index (χ0v) is 9.60. The van der Waals surface area contributed by atoms with Crippen molar-refractivity contribution in [1.29, 1.82) is 0 Å². The van der Waals surface area contributed by atoms with Gasteiger partial charge in [0, 0.05) is 18.3 Å². The molecule has 0 aliphatic rings. The van der Waals surface area contributed by atoms with Gasteiger partial charge < -0.3 is 10.2 Å². The van der Waals surface area contributed by atoms with E-state index in [0.717, 1.165) is 0 Å². The lowest BCUT2D eigenvalue weighted by Gasteiger charge is -2.23. The Morgan fingerprint density at radius 1 is 1.64 bits per heavy atom. The predicted molar refractivity (Wildman–Crippen MR) is 59.4 cm³/mol. The Labute approximate surface area is 88.7 Å². The fraction of sp³-hybridized carbons (Fsp3) is 0.500. The third kappa shape index (κ3) is 3.12. The van der Waals surface area contributed by atoms with Gasteiger partial charge in [0.1, 0.15) is 0 Å². The Hall–Kier alpha value is -0.870. The maximum absolute atomic E-state index is 10.8. The van der Waals surface area contributed by atoms with Gasteiger partial charge in [0.05, 0.1) is 6.04 Å². The van der Waals surface area contributed by atoms with Gasteiger partial charge in [-0.25, -0.2) is 0 Å². The molecule has 4 heteroatoms. The summed E-state index contributed by atoms with van der Waals surface area (Å²) in [4.78, 5) is 14.2. The van der Waals surface area contributed by atoms with E-state index in [2.05, 4.69) is 21.7 Å². The smallest absolute Gasteiger partial charge is 0.216 e. The predicted octanol–water partition coefficient (Wildman–Crippen LogP) is 1.49. The maximum atomic E-state index is 10.8. The van der Waals surface area contributed by atoms with Crippen molar-refractivity contribution >= 4 is 17.2 Å². The molecule has 0 saturated carbocycles. The molecule has 0 aliphatic carbocycles. The largest absolute Gasteiger partial charge is 0.354 e. The Bertz CT molecular complexity index is 282. The lowest BCUT2D eigenvalue weighted by atomic mass is 10.2. The molecule has 3 nitrogen and oxygen atoms in total. The van der Waals surface area contributed by atoms with Crippen molar-refractivity contribution in [3.63, 3.8) is 0 Å². The van der Waals surface area contributed by atoms with Crippen molar-refractivity contribution in [3.8, 4) is 0 Å². The number of nitrogens with zero attached hydrogens (tertiary/aromatic N) is 1. The number of rotatable bonds is 4. The van der Waals surface area contributed by atoms with E-state index in [9.17, 15) is 4.79 Å². The zero-order valence-electron chi connectivity index (χ0n) is 8.78. The summed E-state index contributed by atoms with van der Waals surface area (Å²) < 4.78 is 0. The topological polar surface area (TPSA) is 32.3 Å². The first-order valence-electron chi connectivity index (χ1n) is 4.55. The van der Waals surface area contributed by atoms with Crippen LogP contribution in [0.3, 0.4) is 0 Å². The minimum absolute atomic E-state index is 0.0217. The van der Waals surface area contributed by atoms with Crippen LogP contribution in [0.5, 0.6) is 0 Å². The minimum atomic E-state index is 0.0217. The lowest BCUT2D eigenvalue weighted by molar-refractivity contribution is -0.119. The van der Waals surface area contributed by atoms with Gasteiger partial charge in [0.15, 0.2) is 0 Å². The summed E-state index contributed by atoms with van der Waals surface area (Å²) in [6.45, 7) is 2.21. The van der Waals surface area contributed by atoms with Crippen LogP contribution in [0.25, 0.3) is 0 Å². The van der Waals surface area contributed by atoms with Crippen molar-refractivity contribution in [1.82, 2.24) is 10.2 Å². The van der Waals surface area contributed by atoms with E-state index in [4.69, 9.17) is 0 Å². The average Bonchev–Trinajstić information content (AvgIpc) is 2.56. The van der Waals surface area contributed by atoms with E-state index >= 15 is 0 Å². The van der Waals surface area contributed by atoms with E-state index in [0.29, 0.717) is 6.54 Å². The number of nitrogens with one attached hydrogen (secondary N) is 1. The second-order valence-corrected chi connectivity index (χ2v) is 4.41. The molecule has 1 rings (SSSR count). The normalized spacial score (nSPS) is 12.9. The molecule has 0 aliphatic heterocycles. The van der Waals surface area contributed by atoms with Gasteiger partial charge in [-0.3, -0.25) is 4.79 Å². The van der Waals surface area contributed by atoms with Gasteiger partial charge in [0.2, 0.25) is 5.91 Å². The van der Waals surface area contributed by atoms with Crippen LogP contribution in [-0.4, -0.2) is 31.4 Å². The first-order chi connectivity index (χ1) is 6.61. The van der Waals surface area contributed by atoms with Crippen LogP contribution in [0.4, 0.5) is 0 Å². The number of hydrogen-bond acceptors (Lipinski definition) is 3. The SMILES string of the molecule is CC(=O)NC[C@H](c1cccs1)N(C)C. The van der Waals surface area contributed by atoms with Crippen LogP contribution < -0.4 is 5.32 Å². The average molecular weight is 212 g/mol. The maximum Gasteiger partial charge on any atom is 0.216 e. The molecule has 78 valence electrons. The van der Waals surface area contributed by atoms with Crippen molar-refractivity contribution in [2.45, 2.75) is 13.0 Å². The highest BCUT2D eigenvalue weighted by Gasteiger charge is 2.14. The number of amides is 1. The summed E-state index contributed by atoms with van der Waals surface area (Å²) in [5.74, 6) is 0.0217. The minimum Gasteiger partial charge on any atom is -0.354 e. The highest BCUT2D eigenvalue weighted by molar-refractivity contribution is 7.10. The van der Waals surface area contributed by atoms with E-state index in [1.807, 2.05) is 20.2 Å². The van der Waals surface area contributed by atoms with Crippen LogP contribution in [0.15, 0.2) is 17.5 Å². The molecule has 1 N–H and O–H groups in total. The summed E-state index contributed by atoms with van der Waals surface area (Å²) in [6.07, 6.45) is 0. The number of likely N-dealkylation sites (N-methyl/N-ethyl adjacent to an activating group) is 1. The molecule has 1 aromatic rings. The highest BCUT2D eigenvalue weighted by atomic mass is 32.1. The van der Waals surface area contributed by atoms with E-state index in [1.54, 1.807) is 18.3 Å². The Balaban J connectivity index is 2.61. The van der Waals surface area contributed by atoms with Crippen molar-refractivity contribution in [3.05, 3.63) is 22.4 Å². The van der Waals surface area contributed by atoms with Gasteiger partial charge in [-0.15, -0.1) is 11.3 Å². The summed E-state index contributed by atoms with van der Waals surface area (Å²) in [6, 6.07) is 4.40. The molecule has 1 atom stereocenters. The van der Waals surface area contributed by atoms with Crippen LogP contribution in [-0.2, 0) is 4.79 Å². The van der Waals surface area contributed by atoms with Gasteiger partial charge in [-0.1, -0.05) is 6.07 Å². The summed E-state index contributed by atoms with van der Waals surface area (Å²) >= 11 is 1.72. The molecule has 14 heavy (non-hydrogen) atoms. The van der Waals surface area contributed by atoms with E-state index < -0.39 is 0 Å². The lowest BCUT2D eigenvalue weighted by Crippen LogP contribution is -2.32. The fourth-order valence-electron chi connectivity index (χ4n) is 1.26. The Kier molecular flexibility index (Phi) is 4.10. The van der Waals surface area contributed by atoms with Crippen molar-refractivity contribution in [2.24, 2.45) is 0 Å². The van der Waals surface area contributed by atoms with Crippen molar-refractivity contribution < 1.29 is 4.79 Å². The molecule has 1 aromatic heterocycles. The highest BCUT2D eigenvalue weighted by Crippen LogP contribution is 2.22. The zero-order chi connectivity index (χ0) is 10.6. The van der Waals surface area contributed by atoms with E-state index in [-0.39, 0.29) is 11.9 Å². The monoisotopic (exact) mass is 212 g/mol. The molecule has 0 unspecified atom stereocenters. The second kappa shape index (κ2) is 5.12. The standard InChI is InChI=1S/C10H16N2OS/c1-8(13)11-7-9(12(2)3)10-5-4-6-14-10/h4-6,9H,7H2,1-3H3,(H,11,13)/t9-/m1/s1. The molecule has 1 heterocycles. The van der Waals surface area contributed by atoms with Gasteiger partial charge in [-0.05, 0) is 25.5 Å². The molecule has 0 fully saturated rings. The third-order valence-electron chi connectivity index (χ3n) is 2.04. The summed E-state index contributed by atoms with van der Waals surface area (Å²) in [5, 5.41) is 4.90. The summed E-state index contributed by atoms with van der Waals surface area (Å²) in [5.41, 5.74) is 0. The first kappa shape index (κ1) is 11.2. The molecule has 0 radical (unpaired) electrons. The van der Waals surface area contributed by atoms with Crippen LogP contribution >= 0.6 is 11.3 Å². The van der Waals surface area contributed by atoms with Crippen LogP contribution in [0.1, 0.15) is 17.8 Å². The second-order valence-electron chi connectivity index (χ2n) is 3.43. The third-order valence-corrected chi connectivity index (χ3v) is 3.01. The molecular formula is C10H16N2OS. The molecule has 0 bridgehead atoms. The molecule has 0 aromatic carbocycles. The van der Waals surface area contributed by atoms with Crippen LogP contribution in [0, 0.1) is 0 Å². The quantitative estimate of drug-likeness (QED) is 0.820. The Morgan fingerprint density at radius 3 is 2.79 bits per heavy atom.